The van der Waals surface area contributed by atoms with Gasteiger partial charge >= 0.3 is 0 Å². The molecule has 0 saturated carbocycles. The van der Waals surface area contributed by atoms with Crippen LogP contribution < -0.4 is 0 Å². The molecule has 2 heteroatoms. The van der Waals surface area contributed by atoms with E-state index in [0.29, 0.717) is 5.82 Å². The fraction of sp³-hybridized carbons (Fsp3) is 0.0612. The van der Waals surface area contributed by atoms with Crippen molar-refractivity contribution in [3.05, 3.63) is 193 Å². The highest BCUT2D eigenvalue weighted by Crippen LogP contribution is 2.52. The van der Waals surface area contributed by atoms with E-state index in [1.54, 1.807) is 0 Å². The topological polar surface area (TPSA) is 25.8 Å². The van der Waals surface area contributed by atoms with Gasteiger partial charge in [-0.25, -0.2) is 9.97 Å². The maximum Gasteiger partial charge on any atom is 0.160 e. The highest BCUT2D eigenvalue weighted by Gasteiger charge is 2.36. The minimum atomic E-state index is -0.0187. The zero-order chi connectivity index (χ0) is 34.4. The fourth-order valence-corrected chi connectivity index (χ4v) is 7.62. The molecule has 0 saturated heterocycles. The summed E-state index contributed by atoms with van der Waals surface area (Å²) in [5.41, 5.74) is 17.6. The van der Waals surface area contributed by atoms with Crippen LogP contribution in [0.5, 0.6) is 0 Å². The number of rotatable bonds is 6. The normalized spacial score (nSPS) is 12.7. The summed E-state index contributed by atoms with van der Waals surface area (Å²) in [6, 6.07) is 64.8. The monoisotopic (exact) mass is 652 g/mol. The van der Waals surface area contributed by atoms with E-state index in [1.165, 1.54) is 50.1 Å². The summed E-state index contributed by atoms with van der Waals surface area (Å²) in [4.78, 5) is 10.2. The van der Waals surface area contributed by atoms with Gasteiger partial charge in [0, 0.05) is 22.1 Å². The van der Waals surface area contributed by atoms with Crippen LogP contribution in [-0.2, 0) is 5.41 Å². The predicted molar refractivity (Wildman–Crippen MR) is 212 cm³/mol. The Morgan fingerprint density at radius 1 is 0.333 bits per heavy atom. The minimum absolute atomic E-state index is 0.0187. The van der Waals surface area contributed by atoms with Crippen LogP contribution in [0.4, 0.5) is 0 Å². The molecule has 242 valence electrons. The van der Waals surface area contributed by atoms with Crippen LogP contribution in [0.1, 0.15) is 25.0 Å². The van der Waals surface area contributed by atoms with Gasteiger partial charge in [-0.15, -0.1) is 0 Å². The van der Waals surface area contributed by atoms with Gasteiger partial charge in [-0.3, -0.25) is 0 Å². The van der Waals surface area contributed by atoms with Gasteiger partial charge in [0.05, 0.1) is 11.4 Å². The minimum Gasteiger partial charge on any atom is -0.228 e. The van der Waals surface area contributed by atoms with Gasteiger partial charge in [-0.1, -0.05) is 184 Å². The van der Waals surface area contributed by atoms with Crippen molar-refractivity contribution in [3.63, 3.8) is 0 Å². The molecule has 1 aliphatic rings. The summed E-state index contributed by atoms with van der Waals surface area (Å²) < 4.78 is 0. The molecule has 1 aliphatic carbocycles. The standard InChI is InChI=1S/C49H36N2/c1-49(2)43-21-10-9-19-42(43)47-41(20-12-22-44(47)49)36-27-23-35(24-28-36)39-17-11-18-40(31-39)46-32-45(37-15-7-4-8-16-37)50-48(51-46)38-29-25-34(26-30-38)33-13-5-3-6-14-33/h3-32H,1-2H3. The third kappa shape index (κ3) is 5.56. The number of hydrogen-bond acceptors (Lipinski definition) is 2. The van der Waals surface area contributed by atoms with E-state index in [2.05, 4.69) is 184 Å². The van der Waals surface area contributed by atoms with Crippen LogP contribution in [0.25, 0.3) is 78.4 Å². The fourth-order valence-electron chi connectivity index (χ4n) is 7.62. The number of aromatic nitrogens is 2. The second-order valence-electron chi connectivity index (χ2n) is 13.8. The lowest BCUT2D eigenvalue weighted by Crippen LogP contribution is -2.14. The van der Waals surface area contributed by atoms with Crippen LogP contribution in [-0.4, -0.2) is 9.97 Å². The van der Waals surface area contributed by atoms with Gasteiger partial charge in [-0.2, -0.15) is 0 Å². The second-order valence-corrected chi connectivity index (χ2v) is 13.8. The summed E-state index contributed by atoms with van der Waals surface area (Å²) in [5.74, 6) is 0.709. The van der Waals surface area contributed by atoms with Gasteiger partial charge < -0.3 is 0 Å². The maximum atomic E-state index is 5.14. The van der Waals surface area contributed by atoms with E-state index in [0.717, 1.165) is 33.6 Å². The number of benzene rings is 7. The van der Waals surface area contributed by atoms with Crippen molar-refractivity contribution in [2.45, 2.75) is 19.3 Å². The molecule has 0 fully saturated rings. The molecule has 51 heavy (non-hydrogen) atoms. The zero-order valence-corrected chi connectivity index (χ0v) is 28.7. The first kappa shape index (κ1) is 30.7. The Bertz CT molecular complexity index is 2510. The molecule has 0 aliphatic heterocycles. The molecule has 0 atom stereocenters. The van der Waals surface area contributed by atoms with Crippen molar-refractivity contribution < 1.29 is 0 Å². The Morgan fingerprint density at radius 2 is 0.804 bits per heavy atom. The molecule has 0 unspecified atom stereocenters. The molecule has 0 radical (unpaired) electrons. The smallest absolute Gasteiger partial charge is 0.160 e. The predicted octanol–water partition coefficient (Wildman–Crippen LogP) is 12.8. The van der Waals surface area contributed by atoms with Crippen molar-refractivity contribution in [3.8, 4) is 78.4 Å². The maximum absolute atomic E-state index is 5.14. The molecule has 0 amide bonds. The number of nitrogens with zero attached hydrogens (tertiary/aromatic N) is 2. The van der Waals surface area contributed by atoms with E-state index in [9.17, 15) is 0 Å². The van der Waals surface area contributed by atoms with Crippen molar-refractivity contribution >= 4 is 0 Å². The lowest BCUT2D eigenvalue weighted by molar-refractivity contribution is 0.660. The van der Waals surface area contributed by atoms with Gasteiger partial charge in [0.15, 0.2) is 5.82 Å². The third-order valence-corrected chi connectivity index (χ3v) is 10.3. The van der Waals surface area contributed by atoms with Gasteiger partial charge in [0.1, 0.15) is 0 Å². The molecule has 1 aromatic heterocycles. The summed E-state index contributed by atoms with van der Waals surface area (Å²) in [6.45, 7) is 4.67. The van der Waals surface area contributed by atoms with Gasteiger partial charge in [0.25, 0.3) is 0 Å². The van der Waals surface area contributed by atoms with Crippen LogP contribution >= 0.6 is 0 Å². The Morgan fingerprint density at radius 3 is 1.53 bits per heavy atom. The summed E-state index contributed by atoms with van der Waals surface area (Å²) >= 11 is 0. The van der Waals surface area contributed by atoms with Crippen LogP contribution in [0.2, 0.25) is 0 Å². The lowest BCUT2D eigenvalue weighted by atomic mass is 9.82. The van der Waals surface area contributed by atoms with Gasteiger partial charge in [0.2, 0.25) is 0 Å². The largest absolute Gasteiger partial charge is 0.228 e. The first-order chi connectivity index (χ1) is 25.0. The number of fused-ring (bicyclic) bond motifs is 3. The first-order valence-electron chi connectivity index (χ1n) is 17.6. The summed E-state index contributed by atoms with van der Waals surface area (Å²) in [5, 5.41) is 0. The summed E-state index contributed by atoms with van der Waals surface area (Å²) in [6.07, 6.45) is 0. The van der Waals surface area contributed by atoms with Crippen molar-refractivity contribution in [2.24, 2.45) is 0 Å². The Labute approximate surface area is 299 Å². The molecule has 0 spiro atoms. The summed E-state index contributed by atoms with van der Waals surface area (Å²) in [7, 11) is 0. The highest BCUT2D eigenvalue weighted by molar-refractivity contribution is 5.93. The Balaban J connectivity index is 1.08. The average molecular weight is 653 g/mol. The molecule has 7 aromatic carbocycles. The molecular formula is C49H36N2. The van der Waals surface area contributed by atoms with E-state index in [1.807, 2.05) is 12.1 Å². The molecule has 1 heterocycles. The Kier molecular flexibility index (Phi) is 7.51. The molecule has 0 N–H and O–H groups in total. The van der Waals surface area contributed by atoms with Crippen molar-refractivity contribution in [2.75, 3.05) is 0 Å². The van der Waals surface area contributed by atoms with E-state index >= 15 is 0 Å². The SMILES string of the molecule is CC1(C)c2ccccc2-c2c(-c3ccc(-c4cccc(-c5cc(-c6ccccc6)nc(-c6ccc(-c7ccccc7)cc6)n5)c4)cc3)cccc21. The van der Waals surface area contributed by atoms with Gasteiger partial charge in [-0.05, 0) is 67.8 Å². The van der Waals surface area contributed by atoms with Crippen LogP contribution in [0.3, 0.4) is 0 Å². The molecular weight excluding hydrogens is 617 g/mol. The third-order valence-electron chi connectivity index (χ3n) is 10.3. The Hall–Kier alpha value is -6.38. The zero-order valence-electron chi connectivity index (χ0n) is 28.7. The average Bonchev–Trinajstić information content (AvgIpc) is 3.44. The number of hydrogen-bond donors (Lipinski definition) is 0. The van der Waals surface area contributed by atoms with E-state index < -0.39 is 0 Å². The highest BCUT2D eigenvalue weighted by atomic mass is 14.9. The second kappa shape index (κ2) is 12.5. The van der Waals surface area contributed by atoms with E-state index in [-0.39, 0.29) is 5.41 Å². The molecule has 2 nitrogen and oxygen atoms in total. The molecule has 0 bridgehead atoms. The van der Waals surface area contributed by atoms with Crippen LogP contribution in [0.15, 0.2) is 182 Å². The van der Waals surface area contributed by atoms with Crippen molar-refractivity contribution in [1.29, 1.82) is 0 Å². The first-order valence-corrected chi connectivity index (χ1v) is 17.6. The van der Waals surface area contributed by atoms with Crippen molar-refractivity contribution in [1.82, 2.24) is 9.97 Å². The molecule has 8 aromatic rings. The molecule has 9 rings (SSSR count). The van der Waals surface area contributed by atoms with Crippen LogP contribution in [0, 0.1) is 0 Å². The van der Waals surface area contributed by atoms with E-state index in [4.69, 9.17) is 9.97 Å². The lowest BCUT2D eigenvalue weighted by Gasteiger charge is -2.21. The quantitative estimate of drug-likeness (QED) is 0.179.